The molecule has 0 aliphatic heterocycles. The van der Waals surface area contributed by atoms with Crippen molar-refractivity contribution in [2.45, 2.75) is 26.0 Å². The van der Waals surface area contributed by atoms with Gasteiger partial charge in [-0.15, -0.1) is 0 Å². The zero-order valence-corrected chi connectivity index (χ0v) is 7.33. The summed E-state index contributed by atoms with van der Waals surface area (Å²) in [6.07, 6.45) is 0.943. The van der Waals surface area contributed by atoms with Gasteiger partial charge in [0.15, 0.2) is 0 Å². The number of benzene rings is 1. The Hall–Kier alpha value is -0.860. The largest absolute Gasteiger partial charge is 0.392 e. The molecule has 0 spiro atoms. The zero-order chi connectivity index (χ0) is 8.97. The zero-order valence-electron chi connectivity index (χ0n) is 7.33. The molecule has 1 rings (SSSR count). The molecule has 0 saturated heterocycles. The maximum Gasteiger partial charge on any atom is 0.0681 e. The number of nitrogens with two attached hydrogens (primary N) is 1. The second-order valence-corrected chi connectivity index (χ2v) is 2.91. The molecule has 0 aliphatic rings. The Labute approximate surface area is 73.0 Å². The third-order valence-corrected chi connectivity index (χ3v) is 2.03. The van der Waals surface area contributed by atoms with Crippen LogP contribution < -0.4 is 5.73 Å². The summed E-state index contributed by atoms with van der Waals surface area (Å²) < 4.78 is 0. The van der Waals surface area contributed by atoms with Crippen molar-refractivity contribution in [2.24, 2.45) is 5.73 Å². The monoisotopic (exact) mass is 165 g/mol. The topological polar surface area (TPSA) is 46.2 Å². The normalized spacial score (nSPS) is 12.9. The molecule has 0 amide bonds. The van der Waals surface area contributed by atoms with Gasteiger partial charge in [-0.25, -0.2) is 0 Å². The Balaban J connectivity index is 2.77. The first kappa shape index (κ1) is 9.23. The summed E-state index contributed by atoms with van der Waals surface area (Å²) in [5, 5.41) is 8.79. The maximum atomic E-state index is 8.79. The van der Waals surface area contributed by atoms with Gasteiger partial charge in [-0.1, -0.05) is 31.2 Å². The summed E-state index contributed by atoms with van der Waals surface area (Å²) in [6.45, 7) is 2.16. The summed E-state index contributed by atoms with van der Waals surface area (Å²) >= 11 is 0. The summed E-state index contributed by atoms with van der Waals surface area (Å²) in [7, 11) is 0. The van der Waals surface area contributed by atoms with Gasteiger partial charge in [0.05, 0.1) is 6.61 Å². The lowest BCUT2D eigenvalue weighted by molar-refractivity contribution is 0.282. The predicted octanol–water partition coefficient (Wildman–Crippen LogP) is 1.59. The van der Waals surface area contributed by atoms with Crippen molar-refractivity contribution in [1.29, 1.82) is 0 Å². The number of aliphatic hydroxyl groups is 1. The van der Waals surface area contributed by atoms with Crippen LogP contribution in [0.5, 0.6) is 0 Å². The molecule has 3 N–H and O–H groups in total. The number of rotatable bonds is 3. The van der Waals surface area contributed by atoms with Gasteiger partial charge in [0.25, 0.3) is 0 Å². The minimum Gasteiger partial charge on any atom is -0.392 e. The van der Waals surface area contributed by atoms with E-state index in [9.17, 15) is 0 Å². The van der Waals surface area contributed by atoms with Gasteiger partial charge < -0.3 is 10.8 Å². The Kier molecular flexibility index (Phi) is 3.26. The number of hydrogen-bond donors (Lipinski definition) is 2. The Morgan fingerprint density at radius 3 is 2.33 bits per heavy atom. The van der Waals surface area contributed by atoms with Crippen molar-refractivity contribution in [3.8, 4) is 0 Å². The highest BCUT2D eigenvalue weighted by atomic mass is 16.3. The fraction of sp³-hybridized carbons (Fsp3) is 0.400. The van der Waals surface area contributed by atoms with Crippen LogP contribution in [0.1, 0.15) is 30.5 Å². The molecule has 1 unspecified atom stereocenters. The molecule has 0 fully saturated rings. The van der Waals surface area contributed by atoms with Crippen molar-refractivity contribution in [3.63, 3.8) is 0 Å². The maximum absolute atomic E-state index is 8.79. The summed E-state index contributed by atoms with van der Waals surface area (Å²) in [6, 6.07) is 7.88. The van der Waals surface area contributed by atoms with E-state index >= 15 is 0 Å². The van der Waals surface area contributed by atoms with Crippen molar-refractivity contribution >= 4 is 0 Å². The first-order chi connectivity index (χ1) is 5.77. The lowest BCUT2D eigenvalue weighted by Gasteiger charge is -2.08. The van der Waals surface area contributed by atoms with Crippen LogP contribution in [0.2, 0.25) is 0 Å². The van der Waals surface area contributed by atoms with E-state index in [4.69, 9.17) is 10.8 Å². The van der Waals surface area contributed by atoms with Crippen LogP contribution in [-0.4, -0.2) is 5.11 Å². The van der Waals surface area contributed by atoms with E-state index in [1.165, 1.54) is 0 Å². The fourth-order valence-electron chi connectivity index (χ4n) is 1.11. The molecule has 0 radical (unpaired) electrons. The van der Waals surface area contributed by atoms with Gasteiger partial charge in [0.1, 0.15) is 0 Å². The van der Waals surface area contributed by atoms with E-state index < -0.39 is 0 Å². The van der Waals surface area contributed by atoms with Gasteiger partial charge in [-0.2, -0.15) is 0 Å². The Bertz CT molecular complexity index is 230. The van der Waals surface area contributed by atoms with Gasteiger partial charge in [0, 0.05) is 6.04 Å². The molecule has 12 heavy (non-hydrogen) atoms. The van der Waals surface area contributed by atoms with Crippen molar-refractivity contribution in [3.05, 3.63) is 35.4 Å². The third kappa shape index (κ3) is 2.06. The SMILES string of the molecule is CCC(N)c1ccc(CO)cc1. The second-order valence-electron chi connectivity index (χ2n) is 2.91. The van der Waals surface area contributed by atoms with Crippen molar-refractivity contribution in [1.82, 2.24) is 0 Å². The molecule has 2 nitrogen and oxygen atoms in total. The molecule has 1 aromatic carbocycles. The molecule has 0 aliphatic carbocycles. The van der Waals surface area contributed by atoms with Crippen molar-refractivity contribution < 1.29 is 5.11 Å². The predicted molar refractivity (Wildman–Crippen MR) is 49.6 cm³/mol. The highest BCUT2D eigenvalue weighted by Crippen LogP contribution is 2.13. The van der Waals surface area contributed by atoms with Gasteiger partial charge in [-0.05, 0) is 17.5 Å². The highest BCUT2D eigenvalue weighted by Gasteiger charge is 2.01. The van der Waals surface area contributed by atoms with Crippen LogP contribution in [0.3, 0.4) is 0 Å². The standard InChI is InChI=1S/C10H15NO/c1-2-10(11)9-5-3-8(7-12)4-6-9/h3-6,10,12H,2,7,11H2,1H3. The molecule has 66 valence electrons. The minimum atomic E-state index is 0.0989. The van der Waals surface area contributed by atoms with E-state index in [0.717, 1.165) is 17.5 Å². The van der Waals surface area contributed by atoms with Gasteiger partial charge >= 0.3 is 0 Å². The minimum absolute atomic E-state index is 0.0989. The molecule has 0 saturated carbocycles. The van der Waals surface area contributed by atoms with Gasteiger partial charge in [-0.3, -0.25) is 0 Å². The Morgan fingerprint density at radius 2 is 1.92 bits per heavy atom. The first-order valence-electron chi connectivity index (χ1n) is 4.23. The Morgan fingerprint density at radius 1 is 1.33 bits per heavy atom. The molecular weight excluding hydrogens is 150 g/mol. The highest BCUT2D eigenvalue weighted by molar-refractivity contribution is 5.24. The molecule has 2 heteroatoms. The number of hydrogen-bond acceptors (Lipinski definition) is 2. The van der Waals surface area contributed by atoms with E-state index in [2.05, 4.69) is 6.92 Å². The van der Waals surface area contributed by atoms with Crippen LogP contribution in [0, 0.1) is 0 Å². The van der Waals surface area contributed by atoms with Gasteiger partial charge in [0.2, 0.25) is 0 Å². The second kappa shape index (κ2) is 4.24. The first-order valence-corrected chi connectivity index (χ1v) is 4.23. The molecule has 0 bridgehead atoms. The smallest absolute Gasteiger partial charge is 0.0681 e. The molecule has 0 heterocycles. The molecular formula is C10H15NO. The molecule has 1 atom stereocenters. The fourth-order valence-corrected chi connectivity index (χ4v) is 1.11. The molecule has 0 aromatic heterocycles. The van der Waals surface area contributed by atoms with Crippen LogP contribution in [-0.2, 0) is 6.61 Å². The summed E-state index contributed by atoms with van der Waals surface area (Å²) in [4.78, 5) is 0. The average molecular weight is 165 g/mol. The lowest BCUT2D eigenvalue weighted by Crippen LogP contribution is -2.08. The third-order valence-electron chi connectivity index (χ3n) is 2.03. The lowest BCUT2D eigenvalue weighted by atomic mass is 10.0. The van der Waals surface area contributed by atoms with Crippen molar-refractivity contribution in [2.75, 3.05) is 0 Å². The summed E-state index contributed by atoms with van der Waals surface area (Å²) in [5.41, 5.74) is 7.89. The van der Waals surface area contributed by atoms with E-state index in [1.807, 2.05) is 24.3 Å². The van der Waals surface area contributed by atoms with Crippen LogP contribution in [0.15, 0.2) is 24.3 Å². The number of aliphatic hydroxyl groups excluding tert-OH is 1. The average Bonchev–Trinajstić information content (AvgIpc) is 2.17. The molecule has 1 aromatic rings. The van der Waals surface area contributed by atoms with E-state index in [0.29, 0.717) is 0 Å². The summed E-state index contributed by atoms with van der Waals surface area (Å²) in [5.74, 6) is 0. The van der Waals surface area contributed by atoms with Crippen LogP contribution in [0.25, 0.3) is 0 Å². The van der Waals surface area contributed by atoms with E-state index in [-0.39, 0.29) is 12.6 Å². The van der Waals surface area contributed by atoms with Crippen LogP contribution in [0.4, 0.5) is 0 Å². The van der Waals surface area contributed by atoms with Crippen LogP contribution >= 0.6 is 0 Å². The quantitative estimate of drug-likeness (QED) is 0.714. The van der Waals surface area contributed by atoms with E-state index in [1.54, 1.807) is 0 Å².